The highest BCUT2D eigenvalue weighted by atomic mass is 35.5. The van der Waals surface area contributed by atoms with Gasteiger partial charge in [0.1, 0.15) is 12.0 Å². The third-order valence-corrected chi connectivity index (χ3v) is 5.72. The summed E-state index contributed by atoms with van der Waals surface area (Å²) in [7, 11) is 4.38. The fourth-order valence-corrected chi connectivity index (χ4v) is 3.85. The van der Waals surface area contributed by atoms with Crippen molar-refractivity contribution in [1.29, 1.82) is 0 Å². The van der Waals surface area contributed by atoms with E-state index in [4.69, 9.17) is 25.8 Å². The molecule has 1 aromatic heterocycles. The van der Waals surface area contributed by atoms with Crippen LogP contribution in [0, 0.1) is 15.9 Å². The standard InChI is InChI=1S/C26H21ClFN5O6.ClH/c1-37-21-11-15(12-22(38-2)24(21)39-3)30-26-29-13-20(33(35)36)25(32-26)31-19-9-8-14(27)10-17(19)23(34)16-6-4-5-7-18(16)28;/h4-13H,1-3H3,(H2,29,30,31,32);1H. The van der Waals surface area contributed by atoms with Crippen LogP contribution < -0.4 is 24.8 Å². The van der Waals surface area contributed by atoms with Crippen molar-refractivity contribution in [2.24, 2.45) is 0 Å². The van der Waals surface area contributed by atoms with Gasteiger partial charge in [0.15, 0.2) is 17.3 Å². The predicted octanol–water partition coefficient (Wildman–Crippen LogP) is 6.34. The minimum absolute atomic E-state index is 0. The molecule has 1 heterocycles. The Kier molecular flexibility index (Phi) is 9.64. The van der Waals surface area contributed by atoms with Crippen LogP contribution in [-0.4, -0.2) is 42.0 Å². The molecule has 0 fully saturated rings. The first-order valence-corrected chi connectivity index (χ1v) is 11.6. The van der Waals surface area contributed by atoms with E-state index in [1.54, 1.807) is 12.1 Å². The summed E-state index contributed by atoms with van der Waals surface area (Å²) in [6.45, 7) is 0. The molecule has 0 aliphatic rings. The van der Waals surface area contributed by atoms with Gasteiger partial charge in [-0.05, 0) is 30.3 Å². The molecule has 4 aromatic rings. The lowest BCUT2D eigenvalue weighted by molar-refractivity contribution is -0.384. The first-order chi connectivity index (χ1) is 18.7. The SMILES string of the molecule is COc1cc(Nc2ncc([N+](=O)[O-])c(Nc3ccc(Cl)cc3C(=O)c3ccccc3F)n2)cc(OC)c1OC.Cl. The van der Waals surface area contributed by atoms with E-state index in [2.05, 4.69) is 20.6 Å². The van der Waals surface area contributed by atoms with Gasteiger partial charge >= 0.3 is 5.69 Å². The van der Waals surface area contributed by atoms with Gasteiger partial charge in [0.05, 0.1) is 37.5 Å². The third kappa shape index (κ3) is 6.30. The number of methoxy groups -OCH3 is 3. The largest absolute Gasteiger partial charge is 0.493 e. The van der Waals surface area contributed by atoms with E-state index in [1.165, 1.54) is 57.7 Å². The Labute approximate surface area is 238 Å². The Morgan fingerprint density at radius 1 is 0.975 bits per heavy atom. The normalized spacial score (nSPS) is 10.2. The number of ether oxygens (including phenoxy) is 3. The average molecular weight is 590 g/mol. The molecule has 2 N–H and O–H groups in total. The second kappa shape index (κ2) is 12.9. The fourth-order valence-electron chi connectivity index (χ4n) is 3.67. The average Bonchev–Trinajstić information content (AvgIpc) is 2.93. The lowest BCUT2D eigenvalue weighted by atomic mass is 10.0. The Morgan fingerprint density at radius 3 is 2.25 bits per heavy atom. The van der Waals surface area contributed by atoms with Gasteiger partial charge in [-0.25, -0.2) is 9.37 Å². The van der Waals surface area contributed by atoms with Gasteiger partial charge in [-0.3, -0.25) is 14.9 Å². The maximum absolute atomic E-state index is 14.4. The summed E-state index contributed by atoms with van der Waals surface area (Å²) in [5.41, 5.74) is -0.117. The second-order valence-electron chi connectivity index (χ2n) is 7.85. The van der Waals surface area contributed by atoms with Gasteiger partial charge in [0, 0.05) is 28.4 Å². The molecule has 40 heavy (non-hydrogen) atoms. The van der Waals surface area contributed by atoms with Crippen molar-refractivity contribution >= 4 is 58.6 Å². The summed E-state index contributed by atoms with van der Waals surface area (Å²) in [4.78, 5) is 32.5. The summed E-state index contributed by atoms with van der Waals surface area (Å²) in [5.74, 6) is -0.562. The first kappa shape index (κ1) is 29.9. The van der Waals surface area contributed by atoms with E-state index in [9.17, 15) is 19.3 Å². The van der Waals surface area contributed by atoms with Gasteiger partial charge in [-0.15, -0.1) is 12.4 Å². The zero-order valence-corrected chi connectivity index (χ0v) is 22.8. The van der Waals surface area contributed by atoms with Crippen LogP contribution in [0.1, 0.15) is 15.9 Å². The summed E-state index contributed by atoms with van der Waals surface area (Å²) >= 11 is 6.11. The van der Waals surface area contributed by atoms with Crippen molar-refractivity contribution < 1.29 is 28.3 Å². The van der Waals surface area contributed by atoms with E-state index in [0.29, 0.717) is 22.9 Å². The molecule has 0 bridgehead atoms. The molecule has 14 heteroatoms. The monoisotopic (exact) mass is 589 g/mol. The van der Waals surface area contributed by atoms with E-state index in [-0.39, 0.29) is 46.0 Å². The number of nitrogens with zero attached hydrogens (tertiary/aromatic N) is 3. The molecule has 0 unspecified atom stereocenters. The highest BCUT2D eigenvalue weighted by Gasteiger charge is 2.23. The Balaban J connectivity index is 0.00000441. The molecule has 208 valence electrons. The van der Waals surface area contributed by atoms with E-state index < -0.39 is 22.2 Å². The topological polar surface area (TPSA) is 138 Å². The Bertz CT molecular complexity index is 1550. The highest BCUT2D eigenvalue weighted by molar-refractivity contribution is 6.31. The number of aromatic nitrogens is 2. The minimum Gasteiger partial charge on any atom is -0.493 e. The van der Waals surface area contributed by atoms with Crippen molar-refractivity contribution in [2.75, 3.05) is 32.0 Å². The number of hydrogen-bond acceptors (Lipinski definition) is 10. The van der Waals surface area contributed by atoms with Crippen molar-refractivity contribution in [3.05, 3.63) is 92.9 Å². The zero-order chi connectivity index (χ0) is 28.1. The Hall–Kier alpha value is -4.68. The summed E-state index contributed by atoms with van der Waals surface area (Å²) < 4.78 is 30.4. The predicted molar refractivity (Wildman–Crippen MR) is 150 cm³/mol. The summed E-state index contributed by atoms with van der Waals surface area (Å²) in [6.07, 6.45) is 1.00. The number of carbonyl (C=O) groups is 1. The molecule has 3 aromatic carbocycles. The third-order valence-electron chi connectivity index (χ3n) is 5.48. The molecule has 0 aliphatic heterocycles. The molecule has 0 aliphatic carbocycles. The van der Waals surface area contributed by atoms with Crippen LogP contribution in [0.5, 0.6) is 17.2 Å². The lowest BCUT2D eigenvalue weighted by Gasteiger charge is -2.15. The van der Waals surface area contributed by atoms with Gasteiger partial charge in [0.2, 0.25) is 17.5 Å². The fraction of sp³-hybridized carbons (Fsp3) is 0.115. The van der Waals surface area contributed by atoms with Crippen LogP contribution in [0.15, 0.2) is 60.8 Å². The van der Waals surface area contributed by atoms with Crippen molar-refractivity contribution in [3.8, 4) is 17.2 Å². The molecule has 4 rings (SSSR count). The lowest BCUT2D eigenvalue weighted by Crippen LogP contribution is -2.10. The van der Waals surface area contributed by atoms with Crippen LogP contribution in [0.4, 0.5) is 33.2 Å². The molecule has 0 saturated carbocycles. The maximum Gasteiger partial charge on any atom is 0.329 e. The molecule has 0 spiro atoms. The first-order valence-electron chi connectivity index (χ1n) is 11.2. The minimum atomic E-state index is -0.724. The van der Waals surface area contributed by atoms with E-state index in [1.807, 2.05) is 0 Å². The van der Waals surface area contributed by atoms with E-state index in [0.717, 1.165) is 12.3 Å². The van der Waals surface area contributed by atoms with Gasteiger partial charge < -0.3 is 24.8 Å². The number of hydrogen-bond donors (Lipinski definition) is 2. The molecular formula is C26H22Cl2FN5O6. The smallest absolute Gasteiger partial charge is 0.329 e. The number of ketones is 1. The number of halogens is 3. The van der Waals surface area contributed by atoms with E-state index >= 15 is 0 Å². The van der Waals surface area contributed by atoms with Gasteiger partial charge in [0.25, 0.3) is 0 Å². The Morgan fingerprint density at radius 2 is 1.65 bits per heavy atom. The van der Waals surface area contributed by atoms with Crippen molar-refractivity contribution in [3.63, 3.8) is 0 Å². The number of benzene rings is 3. The van der Waals surface area contributed by atoms with Gasteiger partial charge in [-0.2, -0.15) is 4.98 Å². The second-order valence-corrected chi connectivity index (χ2v) is 8.28. The molecule has 0 amide bonds. The zero-order valence-electron chi connectivity index (χ0n) is 21.2. The van der Waals surface area contributed by atoms with Crippen LogP contribution in [0.2, 0.25) is 5.02 Å². The number of nitro groups is 1. The maximum atomic E-state index is 14.4. The molecular weight excluding hydrogens is 568 g/mol. The van der Waals surface area contributed by atoms with Crippen LogP contribution in [-0.2, 0) is 0 Å². The summed E-state index contributed by atoms with van der Waals surface area (Å²) in [6, 6.07) is 12.9. The molecule has 0 radical (unpaired) electrons. The molecule has 11 nitrogen and oxygen atoms in total. The van der Waals surface area contributed by atoms with Crippen LogP contribution in [0.3, 0.4) is 0 Å². The van der Waals surface area contributed by atoms with Crippen molar-refractivity contribution in [2.45, 2.75) is 0 Å². The van der Waals surface area contributed by atoms with Crippen LogP contribution in [0.25, 0.3) is 0 Å². The molecule has 0 saturated heterocycles. The van der Waals surface area contributed by atoms with Crippen molar-refractivity contribution in [1.82, 2.24) is 9.97 Å². The van der Waals surface area contributed by atoms with Gasteiger partial charge in [-0.1, -0.05) is 23.7 Å². The number of rotatable bonds is 10. The highest BCUT2D eigenvalue weighted by Crippen LogP contribution is 2.40. The molecule has 0 atom stereocenters. The number of anilines is 4. The number of nitrogens with one attached hydrogen (secondary N) is 2. The summed E-state index contributed by atoms with van der Waals surface area (Å²) in [5, 5.41) is 17.7. The quantitative estimate of drug-likeness (QED) is 0.122. The van der Waals surface area contributed by atoms with Crippen LogP contribution >= 0.6 is 24.0 Å². The number of carbonyl (C=O) groups excluding carboxylic acids is 1.